The van der Waals surface area contributed by atoms with Gasteiger partial charge in [0, 0.05) is 30.4 Å². The maximum atomic E-state index is 12.8. The number of pyridine rings is 1. The molecule has 0 radical (unpaired) electrons. The summed E-state index contributed by atoms with van der Waals surface area (Å²) in [5, 5.41) is 12.3. The number of amides is 2. The molecule has 4 rings (SSSR count). The molecule has 0 aliphatic carbocycles. The maximum absolute atomic E-state index is 12.8. The number of primary amides is 1. The van der Waals surface area contributed by atoms with E-state index >= 15 is 0 Å². The van der Waals surface area contributed by atoms with Crippen LogP contribution in [0.15, 0.2) is 42.0 Å². The zero-order chi connectivity index (χ0) is 27.4. The first-order valence-corrected chi connectivity index (χ1v) is 13.6. The lowest BCUT2D eigenvalue weighted by Crippen LogP contribution is -2.37. The quantitative estimate of drug-likeness (QED) is 0.269. The monoisotopic (exact) mass is 534 g/mol. The number of carbonyl (C=O) groups excluding carboxylic acids is 2. The van der Waals surface area contributed by atoms with Crippen LogP contribution < -0.4 is 16.4 Å². The molecule has 0 aliphatic rings. The summed E-state index contributed by atoms with van der Waals surface area (Å²) in [5.74, 6) is -0.311. The average molecular weight is 535 g/mol. The van der Waals surface area contributed by atoms with Gasteiger partial charge in [0.25, 0.3) is 0 Å². The van der Waals surface area contributed by atoms with Gasteiger partial charge in [-0.1, -0.05) is 19.9 Å². The topological polar surface area (TPSA) is 131 Å². The van der Waals surface area contributed by atoms with E-state index in [1.165, 1.54) is 0 Å². The Kier molecular flexibility index (Phi) is 8.38. The van der Waals surface area contributed by atoms with E-state index in [2.05, 4.69) is 41.4 Å². The molecule has 4 aromatic rings. The van der Waals surface area contributed by atoms with E-state index < -0.39 is 11.9 Å². The van der Waals surface area contributed by atoms with Gasteiger partial charge < -0.3 is 21.3 Å². The fraction of sp³-hybridized carbons (Fsp3) is 0.370. The second-order valence-electron chi connectivity index (χ2n) is 9.12. The van der Waals surface area contributed by atoms with Crippen LogP contribution in [-0.4, -0.2) is 68.5 Å². The summed E-state index contributed by atoms with van der Waals surface area (Å²) in [4.78, 5) is 38.2. The number of carbonyl (C=O) groups is 2. The van der Waals surface area contributed by atoms with Gasteiger partial charge in [0.15, 0.2) is 5.65 Å². The molecule has 10 nitrogen and oxygen atoms in total. The Morgan fingerprint density at radius 1 is 1.16 bits per heavy atom. The van der Waals surface area contributed by atoms with Crippen LogP contribution >= 0.6 is 11.3 Å². The lowest BCUT2D eigenvalue weighted by Gasteiger charge is -2.28. The number of hydrogen-bond donors (Lipinski definition) is 3. The van der Waals surface area contributed by atoms with Gasteiger partial charge in [-0.3, -0.25) is 9.59 Å². The van der Waals surface area contributed by atoms with Crippen LogP contribution in [0.2, 0.25) is 0 Å². The zero-order valence-corrected chi connectivity index (χ0v) is 23.2. The number of nitrogens with zero attached hydrogens (tertiary/aromatic N) is 5. The second-order valence-corrected chi connectivity index (χ2v) is 10.1. The van der Waals surface area contributed by atoms with Crippen molar-refractivity contribution < 1.29 is 9.59 Å². The average Bonchev–Trinajstić information content (AvgIpc) is 3.59. The van der Waals surface area contributed by atoms with Crippen molar-refractivity contribution in [1.29, 1.82) is 0 Å². The van der Waals surface area contributed by atoms with E-state index in [0.717, 1.165) is 23.7 Å². The van der Waals surface area contributed by atoms with Gasteiger partial charge in [0.2, 0.25) is 11.8 Å². The number of nitrogens with two attached hydrogens (primary N) is 1. The van der Waals surface area contributed by atoms with Crippen LogP contribution in [0.4, 0.5) is 5.82 Å². The third kappa shape index (κ3) is 5.53. The summed E-state index contributed by atoms with van der Waals surface area (Å²) in [6, 6.07) is 7.15. The molecular formula is C27H34N8O2S. The first-order chi connectivity index (χ1) is 18.3. The molecule has 200 valence electrons. The highest BCUT2D eigenvalue weighted by Crippen LogP contribution is 2.31. The minimum absolute atomic E-state index is 0.124. The van der Waals surface area contributed by atoms with E-state index in [1.807, 2.05) is 29.8 Å². The number of hydrogen-bond acceptors (Lipinski definition) is 8. The first-order valence-electron chi connectivity index (χ1n) is 12.7. The minimum atomic E-state index is -0.585. The van der Waals surface area contributed by atoms with E-state index in [-0.39, 0.29) is 11.9 Å². The van der Waals surface area contributed by atoms with Crippen molar-refractivity contribution >= 4 is 34.6 Å². The van der Waals surface area contributed by atoms with Crippen molar-refractivity contribution in [2.75, 3.05) is 25.5 Å². The van der Waals surface area contributed by atoms with Crippen molar-refractivity contribution in [3.8, 4) is 21.8 Å². The highest BCUT2D eigenvalue weighted by atomic mass is 32.1. The predicted molar refractivity (Wildman–Crippen MR) is 151 cm³/mol. The summed E-state index contributed by atoms with van der Waals surface area (Å²) in [7, 11) is 1.58. The van der Waals surface area contributed by atoms with Gasteiger partial charge in [0.1, 0.15) is 11.9 Å². The summed E-state index contributed by atoms with van der Waals surface area (Å²) in [6.07, 6.45) is 4.06. The third-order valence-corrected chi connectivity index (χ3v) is 7.63. The maximum Gasteiger partial charge on any atom is 0.249 e. The van der Waals surface area contributed by atoms with Crippen molar-refractivity contribution in [2.45, 2.75) is 46.2 Å². The number of fused-ring (bicyclic) bond motifs is 1. The standard InChI is InChI=1S/C27H34N8O2S/c1-6-34(7-2)16(3)13-19-18(24(28)36)14-22(32-25(19)31-17(4)27(37)29-5)20-15-30-35-11-10-21(33-26(20)35)23-9-8-12-38-23/h8-12,14-17H,6-7,13H2,1-5H3,(H2,28,36)(H,29,37)(H,31,32)/t16-,17-/m0/s1. The van der Waals surface area contributed by atoms with Crippen LogP contribution in [0.3, 0.4) is 0 Å². The number of nitrogens with one attached hydrogen (secondary N) is 2. The highest BCUT2D eigenvalue weighted by Gasteiger charge is 2.24. The van der Waals surface area contributed by atoms with E-state index in [0.29, 0.717) is 40.3 Å². The van der Waals surface area contributed by atoms with E-state index in [9.17, 15) is 9.59 Å². The predicted octanol–water partition coefficient (Wildman–Crippen LogP) is 3.44. The van der Waals surface area contributed by atoms with Gasteiger partial charge in [-0.05, 0) is 56.9 Å². The van der Waals surface area contributed by atoms with Gasteiger partial charge in [0.05, 0.1) is 28.0 Å². The van der Waals surface area contributed by atoms with E-state index in [4.69, 9.17) is 15.7 Å². The Hall–Kier alpha value is -3.83. The molecule has 0 bridgehead atoms. The van der Waals surface area contributed by atoms with E-state index in [1.54, 1.807) is 42.1 Å². The number of anilines is 1. The molecule has 0 saturated heterocycles. The van der Waals surface area contributed by atoms with Gasteiger partial charge in [-0.2, -0.15) is 5.10 Å². The Morgan fingerprint density at radius 3 is 2.55 bits per heavy atom. The number of rotatable bonds is 11. The van der Waals surface area contributed by atoms with Crippen LogP contribution in [-0.2, 0) is 11.2 Å². The molecule has 0 aliphatic heterocycles. The number of aromatic nitrogens is 4. The summed E-state index contributed by atoms with van der Waals surface area (Å²) >= 11 is 1.60. The third-order valence-electron chi connectivity index (χ3n) is 6.74. The number of thiophene rings is 1. The Labute approximate surface area is 226 Å². The molecule has 11 heteroatoms. The normalized spacial score (nSPS) is 13.0. The smallest absolute Gasteiger partial charge is 0.249 e. The van der Waals surface area contributed by atoms with Gasteiger partial charge >= 0.3 is 0 Å². The highest BCUT2D eigenvalue weighted by molar-refractivity contribution is 7.13. The van der Waals surface area contributed by atoms with Gasteiger partial charge in [-0.25, -0.2) is 14.5 Å². The Morgan fingerprint density at radius 2 is 1.92 bits per heavy atom. The molecule has 2 amide bonds. The molecule has 0 fully saturated rings. The lowest BCUT2D eigenvalue weighted by molar-refractivity contribution is -0.121. The summed E-state index contributed by atoms with van der Waals surface area (Å²) in [5.41, 5.74) is 9.53. The fourth-order valence-corrected chi connectivity index (χ4v) is 5.32. The van der Waals surface area contributed by atoms with Crippen molar-refractivity contribution in [3.63, 3.8) is 0 Å². The Bertz CT molecular complexity index is 1430. The summed E-state index contributed by atoms with van der Waals surface area (Å²) < 4.78 is 1.68. The molecule has 4 heterocycles. The van der Waals surface area contributed by atoms with Crippen LogP contribution in [0.1, 0.15) is 43.6 Å². The lowest BCUT2D eigenvalue weighted by atomic mass is 9.98. The molecule has 38 heavy (non-hydrogen) atoms. The molecule has 0 aromatic carbocycles. The Balaban J connectivity index is 1.87. The molecule has 2 atom stereocenters. The molecule has 4 N–H and O–H groups in total. The SMILES string of the molecule is CCN(CC)[C@@H](C)Cc1c(C(N)=O)cc(-c2cnn3ccc(-c4cccs4)nc23)nc1N[C@@H](C)C(=O)NC. The van der Waals surface area contributed by atoms with Crippen LogP contribution in [0.5, 0.6) is 0 Å². The largest absolute Gasteiger partial charge is 0.366 e. The minimum Gasteiger partial charge on any atom is -0.366 e. The van der Waals surface area contributed by atoms with Crippen molar-refractivity contribution in [3.05, 3.63) is 53.2 Å². The van der Waals surface area contributed by atoms with Crippen molar-refractivity contribution in [2.24, 2.45) is 5.73 Å². The molecular weight excluding hydrogens is 500 g/mol. The van der Waals surface area contributed by atoms with Crippen LogP contribution in [0, 0.1) is 0 Å². The summed E-state index contributed by atoms with van der Waals surface area (Å²) in [6.45, 7) is 9.80. The molecule has 0 spiro atoms. The van der Waals surface area contributed by atoms with Crippen LogP contribution in [0.25, 0.3) is 27.5 Å². The molecule has 0 saturated carbocycles. The zero-order valence-electron chi connectivity index (χ0n) is 22.4. The fourth-order valence-electron chi connectivity index (χ4n) is 4.63. The van der Waals surface area contributed by atoms with Gasteiger partial charge in [-0.15, -0.1) is 11.3 Å². The number of likely N-dealkylation sites (N-methyl/N-ethyl adjacent to an activating group) is 2. The molecule has 4 aromatic heterocycles. The van der Waals surface area contributed by atoms with Crippen molar-refractivity contribution in [1.82, 2.24) is 29.8 Å². The second kappa shape index (κ2) is 11.7. The first kappa shape index (κ1) is 27.2. The molecule has 0 unspecified atom stereocenters.